The third-order valence-electron chi connectivity index (χ3n) is 6.48. The highest BCUT2D eigenvalue weighted by atomic mass is 19.4. The van der Waals surface area contributed by atoms with Crippen LogP contribution in [0.5, 0.6) is 5.88 Å². The molecule has 7 nitrogen and oxygen atoms in total. The van der Waals surface area contributed by atoms with Gasteiger partial charge in [-0.1, -0.05) is 55.5 Å². The number of pyridine rings is 1. The van der Waals surface area contributed by atoms with Crippen molar-refractivity contribution >= 4 is 16.4 Å². The van der Waals surface area contributed by atoms with E-state index in [0.29, 0.717) is 21.0 Å². The number of fused-ring (bicyclic) bond motifs is 3. The molecule has 3 heterocycles. The molecule has 1 atom stereocenters. The number of halogens is 3. The van der Waals surface area contributed by atoms with Gasteiger partial charge in [0.15, 0.2) is 5.65 Å². The molecule has 0 saturated heterocycles. The monoisotopic (exact) mass is 520 g/mol. The molecule has 0 aliphatic heterocycles. The largest absolute Gasteiger partial charge is 0.470 e. The normalized spacial score (nSPS) is 12.8. The quantitative estimate of drug-likeness (QED) is 0.262. The molecule has 3 aromatic heterocycles. The first-order valence-electron chi connectivity index (χ1n) is 12.4. The predicted molar refractivity (Wildman–Crippen MR) is 138 cm³/mol. The Morgan fingerprint density at radius 3 is 2.47 bits per heavy atom. The molecule has 1 unspecified atom stereocenters. The number of nitrogens with one attached hydrogen (secondary N) is 1. The highest BCUT2D eigenvalue weighted by molar-refractivity contribution is 5.96. The molecule has 0 saturated carbocycles. The van der Waals surface area contributed by atoms with E-state index in [0.717, 1.165) is 25.1 Å². The van der Waals surface area contributed by atoms with Gasteiger partial charge in [0.25, 0.3) is 5.82 Å². The minimum atomic E-state index is -4.70. The summed E-state index contributed by atoms with van der Waals surface area (Å²) in [5, 5.41) is 15.7. The maximum atomic E-state index is 13.5. The first kappa shape index (κ1) is 25.6. The van der Waals surface area contributed by atoms with Crippen LogP contribution in [0.25, 0.3) is 16.4 Å². The first-order valence-corrected chi connectivity index (χ1v) is 12.4. The fourth-order valence-corrected chi connectivity index (χ4v) is 4.48. The molecule has 196 valence electrons. The van der Waals surface area contributed by atoms with Crippen molar-refractivity contribution in [2.45, 2.75) is 45.5 Å². The van der Waals surface area contributed by atoms with E-state index in [1.54, 1.807) is 24.3 Å². The molecule has 0 aliphatic carbocycles. The lowest BCUT2D eigenvalue weighted by Gasteiger charge is -2.18. The van der Waals surface area contributed by atoms with E-state index >= 15 is 0 Å². The van der Waals surface area contributed by atoms with E-state index < -0.39 is 12.0 Å². The van der Waals surface area contributed by atoms with Crippen LogP contribution in [-0.2, 0) is 19.2 Å². The molecule has 0 spiro atoms. The van der Waals surface area contributed by atoms with Gasteiger partial charge in [0.05, 0.1) is 11.4 Å². The van der Waals surface area contributed by atoms with E-state index in [9.17, 15) is 13.2 Å². The van der Waals surface area contributed by atoms with Crippen molar-refractivity contribution in [1.29, 1.82) is 0 Å². The summed E-state index contributed by atoms with van der Waals surface area (Å²) in [5.74, 6) is -1.15. The molecule has 10 heteroatoms. The number of hydrogen-bond acceptors (Lipinski definition) is 6. The van der Waals surface area contributed by atoms with Crippen LogP contribution in [0.1, 0.15) is 47.7 Å². The Balaban J connectivity index is 1.34. The zero-order chi connectivity index (χ0) is 26.7. The van der Waals surface area contributed by atoms with Crippen LogP contribution in [0, 0.1) is 6.92 Å². The fourth-order valence-electron chi connectivity index (χ4n) is 4.48. The van der Waals surface area contributed by atoms with Crippen molar-refractivity contribution in [1.82, 2.24) is 30.1 Å². The van der Waals surface area contributed by atoms with E-state index in [1.165, 1.54) is 11.1 Å². The van der Waals surface area contributed by atoms with Gasteiger partial charge in [-0.2, -0.15) is 17.7 Å². The molecule has 38 heavy (non-hydrogen) atoms. The molecule has 0 bridgehead atoms. The van der Waals surface area contributed by atoms with E-state index in [2.05, 4.69) is 46.6 Å². The summed E-state index contributed by atoms with van der Waals surface area (Å²) < 4.78 is 47.0. The average molecular weight is 521 g/mol. The Morgan fingerprint density at radius 2 is 1.71 bits per heavy atom. The molecule has 5 aromatic rings. The number of ether oxygens (including phenoxy) is 1. The van der Waals surface area contributed by atoms with Gasteiger partial charge in [-0.3, -0.25) is 4.98 Å². The number of benzene rings is 2. The summed E-state index contributed by atoms with van der Waals surface area (Å²) in [4.78, 5) is 4.76. The van der Waals surface area contributed by atoms with Gasteiger partial charge in [-0.05, 0) is 55.6 Å². The first-order chi connectivity index (χ1) is 18.3. The van der Waals surface area contributed by atoms with Crippen molar-refractivity contribution in [2.24, 2.45) is 0 Å². The van der Waals surface area contributed by atoms with Crippen molar-refractivity contribution in [3.8, 4) is 5.88 Å². The zero-order valence-corrected chi connectivity index (χ0v) is 21.0. The van der Waals surface area contributed by atoms with Crippen LogP contribution in [0.15, 0.2) is 66.7 Å². The number of rotatable bonds is 9. The molecule has 0 amide bonds. The smallest absolute Gasteiger partial charge is 0.453 e. The van der Waals surface area contributed by atoms with Crippen LogP contribution in [0.2, 0.25) is 0 Å². The Labute approximate surface area is 217 Å². The van der Waals surface area contributed by atoms with Crippen molar-refractivity contribution < 1.29 is 17.9 Å². The van der Waals surface area contributed by atoms with E-state index in [4.69, 9.17) is 9.72 Å². The SMILES string of the molecule is CCC(NCCc1ccccc1C)c1cccc(COc2nn3c(C(F)(F)F)nnc3c3ccccc23)n1. The second kappa shape index (κ2) is 10.7. The van der Waals surface area contributed by atoms with Gasteiger partial charge >= 0.3 is 6.18 Å². The molecule has 0 aliphatic rings. The van der Waals surface area contributed by atoms with Crippen molar-refractivity contribution in [3.63, 3.8) is 0 Å². The maximum absolute atomic E-state index is 13.5. The number of hydrogen-bond donors (Lipinski definition) is 1. The van der Waals surface area contributed by atoms with Crippen molar-refractivity contribution in [2.75, 3.05) is 6.54 Å². The third kappa shape index (κ3) is 5.31. The lowest BCUT2D eigenvalue weighted by Crippen LogP contribution is -2.24. The average Bonchev–Trinajstić information content (AvgIpc) is 3.36. The Kier molecular flexibility index (Phi) is 7.24. The van der Waals surface area contributed by atoms with Gasteiger partial charge in [-0.25, -0.2) is 0 Å². The van der Waals surface area contributed by atoms with Crippen LogP contribution in [0.3, 0.4) is 0 Å². The van der Waals surface area contributed by atoms with Gasteiger partial charge in [0.1, 0.15) is 6.61 Å². The number of aryl methyl sites for hydroxylation is 1. The number of alkyl halides is 3. The number of nitrogens with zero attached hydrogens (tertiary/aromatic N) is 5. The summed E-state index contributed by atoms with van der Waals surface area (Å²) in [6, 6.07) is 21.0. The zero-order valence-electron chi connectivity index (χ0n) is 21.0. The van der Waals surface area contributed by atoms with Gasteiger partial charge in [-0.15, -0.1) is 15.3 Å². The third-order valence-corrected chi connectivity index (χ3v) is 6.48. The lowest BCUT2D eigenvalue weighted by molar-refractivity contribution is -0.146. The minimum absolute atomic E-state index is 0.0166. The summed E-state index contributed by atoms with van der Waals surface area (Å²) >= 11 is 0. The van der Waals surface area contributed by atoms with Gasteiger partial charge in [0, 0.05) is 16.8 Å². The van der Waals surface area contributed by atoms with Gasteiger partial charge < -0.3 is 10.1 Å². The van der Waals surface area contributed by atoms with Crippen LogP contribution in [0.4, 0.5) is 13.2 Å². The topological polar surface area (TPSA) is 77.2 Å². The summed E-state index contributed by atoms with van der Waals surface area (Å²) in [5.41, 5.74) is 4.12. The molecule has 0 fully saturated rings. The summed E-state index contributed by atoms with van der Waals surface area (Å²) in [6.45, 7) is 5.06. The van der Waals surface area contributed by atoms with Crippen LogP contribution in [-0.4, -0.2) is 31.3 Å². The molecule has 0 radical (unpaired) electrons. The highest BCUT2D eigenvalue weighted by Crippen LogP contribution is 2.32. The second-order valence-electron chi connectivity index (χ2n) is 9.04. The Hall–Kier alpha value is -4.05. The summed E-state index contributed by atoms with van der Waals surface area (Å²) in [7, 11) is 0. The fraction of sp³-hybridized carbons (Fsp3) is 0.286. The Morgan fingerprint density at radius 1 is 0.947 bits per heavy atom. The molecular formula is C28H27F3N6O. The molecule has 1 N–H and O–H groups in total. The lowest BCUT2D eigenvalue weighted by atomic mass is 10.1. The molecule has 2 aromatic carbocycles. The minimum Gasteiger partial charge on any atom is -0.470 e. The summed E-state index contributed by atoms with van der Waals surface area (Å²) in [6.07, 6.45) is -2.94. The van der Waals surface area contributed by atoms with E-state index in [-0.39, 0.29) is 24.2 Å². The van der Waals surface area contributed by atoms with Crippen molar-refractivity contribution in [3.05, 3.63) is 95.1 Å². The molecule has 5 rings (SSSR count). The standard InChI is InChI=1S/C28H27F3N6O/c1-3-23(32-16-15-19-10-5-4-9-18(19)2)24-14-8-11-20(33-24)17-38-26-22-13-7-6-12-21(22)25-34-35-27(28(29,30)31)37(25)36-26/h4-14,23,32H,3,15-17H2,1-2H3. The van der Waals surface area contributed by atoms with E-state index in [1.807, 2.05) is 30.3 Å². The maximum Gasteiger partial charge on any atom is 0.453 e. The van der Waals surface area contributed by atoms with Crippen LogP contribution < -0.4 is 10.1 Å². The van der Waals surface area contributed by atoms with Gasteiger partial charge in [0.2, 0.25) is 5.88 Å². The Bertz CT molecular complexity index is 1570. The molecular weight excluding hydrogens is 493 g/mol. The van der Waals surface area contributed by atoms with Crippen LogP contribution >= 0.6 is 0 Å². The predicted octanol–water partition coefficient (Wildman–Crippen LogP) is 5.86. The number of aromatic nitrogens is 5. The second-order valence-corrected chi connectivity index (χ2v) is 9.04. The highest BCUT2D eigenvalue weighted by Gasteiger charge is 2.38.